The van der Waals surface area contributed by atoms with Gasteiger partial charge in [0.05, 0.1) is 11.0 Å². The van der Waals surface area contributed by atoms with E-state index in [1.165, 1.54) is 6.07 Å². The lowest BCUT2D eigenvalue weighted by Gasteiger charge is -2.11. The van der Waals surface area contributed by atoms with Gasteiger partial charge in [-0.1, -0.05) is 0 Å². The quantitative estimate of drug-likeness (QED) is 0.630. The van der Waals surface area contributed by atoms with Crippen molar-refractivity contribution in [2.24, 2.45) is 5.92 Å². The van der Waals surface area contributed by atoms with Crippen LogP contribution in [0.2, 0.25) is 0 Å². The van der Waals surface area contributed by atoms with Crippen LogP contribution >= 0.6 is 0 Å². The van der Waals surface area contributed by atoms with Crippen LogP contribution in [0.25, 0.3) is 0 Å². The highest BCUT2D eigenvalue weighted by molar-refractivity contribution is 5.56. The molecule has 0 aromatic carbocycles. The van der Waals surface area contributed by atoms with Gasteiger partial charge in [-0.2, -0.15) is 0 Å². The minimum atomic E-state index is -0.432. The molecule has 0 radical (unpaired) electrons. The number of aryl methyl sites for hydroxylation is 1. The van der Waals surface area contributed by atoms with E-state index in [0.29, 0.717) is 18.3 Å². The van der Waals surface area contributed by atoms with E-state index in [9.17, 15) is 15.2 Å². The number of nitrogens with zero attached hydrogens (tertiary/aromatic N) is 2. The van der Waals surface area contributed by atoms with Gasteiger partial charge in [0.25, 0.3) is 0 Å². The van der Waals surface area contributed by atoms with Gasteiger partial charge in [-0.15, -0.1) is 0 Å². The van der Waals surface area contributed by atoms with Gasteiger partial charge in [0, 0.05) is 18.3 Å². The van der Waals surface area contributed by atoms with E-state index in [1.54, 1.807) is 13.0 Å². The summed E-state index contributed by atoms with van der Waals surface area (Å²) in [5.74, 6) is 0.684. The molecule has 2 rings (SSSR count). The number of pyridine rings is 1. The summed E-state index contributed by atoms with van der Waals surface area (Å²) in [5, 5.41) is 23.3. The first-order valence-electron chi connectivity index (χ1n) is 6.10. The number of nitrogens with one attached hydrogen (secondary N) is 1. The summed E-state index contributed by atoms with van der Waals surface area (Å²) in [5.41, 5.74) is 0.744. The average Bonchev–Trinajstić information content (AvgIpc) is 2.72. The second kappa shape index (κ2) is 5.30. The van der Waals surface area contributed by atoms with Gasteiger partial charge < -0.3 is 10.4 Å². The predicted octanol–water partition coefficient (Wildman–Crippen LogP) is 1.87. The van der Waals surface area contributed by atoms with Crippen molar-refractivity contribution in [3.8, 4) is 0 Å². The number of anilines is 1. The van der Waals surface area contributed by atoms with Crippen LogP contribution in [0.5, 0.6) is 0 Å². The van der Waals surface area contributed by atoms with Gasteiger partial charge in [-0.3, -0.25) is 10.1 Å². The van der Waals surface area contributed by atoms with E-state index in [-0.39, 0.29) is 11.8 Å². The Morgan fingerprint density at radius 1 is 1.56 bits per heavy atom. The summed E-state index contributed by atoms with van der Waals surface area (Å²) < 4.78 is 0. The Morgan fingerprint density at radius 3 is 2.94 bits per heavy atom. The van der Waals surface area contributed by atoms with E-state index < -0.39 is 4.92 Å². The molecule has 2 atom stereocenters. The van der Waals surface area contributed by atoms with Gasteiger partial charge in [-0.05, 0) is 38.2 Å². The van der Waals surface area contributed by atoms with Crippen molar-refractivity contribution in [3.63, 3.8) is 0 Å². The Morgan fingerprint density at radius 2 is 2.33 bits per heavy atom. The second-order valence-electron chi connectivity index (χ2n) is 4.79. The molecule has 1 heterocycles. The van der Waals surface area contributed by atoms with Gasteiger partial charge in [0.1, 0.15) is 0 Å². The molecule has 1 aliphatic rings. The Labute approximate surface area is 105 Å². The summed E-state index contributed by atoms with van der Waals surface area (Å²) in [4.78, 5) is 14.6. The van der Waals surface area contributed by atoms with Crippen LogP contribution in [0.3, 0.4) is 0 Å². The van der Waals surface area contributed by atoms with Gasteiger partial charge >= 0.3 is 5.69 Å². The molecule has 1 aliphatic carbocycles. The number of nitro groups is 1. The molecule has 1 fully saturated rings. The zero-order chi connectivity index (χ0) is 13.1. The average molecular weight is 251 g/mol. The normalized spacial score (nSPS) is 23.0. The maximum absolute atomic E-state index is 10.9. The first-order chi connectivity index (χ1) is 8.56. The van der Waals surface area contributed by atoms with Crippen LogP contribution in [0.4, 0.5) is 11.5 Å². The molecule has 2 unspecified atom stereocenters. The smallest absolute Gasteiger partial charge is 0.311 e. The summed E-state index contributed by atoms with van der Waals surface area (Å²) in [7, 11) is 0. The summed E-state index contributed by atoms with van der Waals surface area (Å²) in [6.45, 7) is 2.42. The fourth-order valence-electron chi connectivity index (χ4n) is 2.30. The van der Waals surface area contributed by atoms with E-state index in [1.807, 2.05) is 0 Å². The predicted molar refractivity (Wildman–Crippen MR) is 67.5 cm³/mol. The fourth-order valence-corrected chi connectivity index (χ4v) is 2.30. The van der Waals surface area contributed by atoms with Crippen molar-refractivity contribution in [2.45, 2.75) is 32.3 Å². The molecule has 0 amide bonds. The van der Waals surface area contributed by atoms with Gasteiger partial charge in [0.15, 0.2) is 0 Å². The topological polar surface area (TPSA) is 88.3 Å². The molecule has 0 aliphatic heterocycles. The lowest BCUT2D eigenvalue weighted by molar-refractivity contribution is -0.384. The van der Waals surface area contributed by atoms with Crippen molar-refractivity contribution < 1.29 is 10.0 Å². The molecule has 0 saturated heterocycles. The molecular weight excluding hydrogens is 234 g/mol. The fraction of sp³-hybridized carbons (Fsp3) is 0.583. The van der Waals surface area contributed by atoms with Crippen molar-refractivity contribution in [1.29, 1.82) is 0 Å². The minimum absolute atomic E-state index is 0.000791. The first-order valence-corrected chi connectivity index (χ1v) is 6.10. The Kier molecular flexibility index (Phi) is 3.76. The minimum Gasteiger partial charge on any atom is -0.393 e. The van der Waals surface area contributed by atoms with Crippen molar-refractivity contribution in [2.75, 3.05) is 11.9 Å². The van der Waals surface area contributed by atoms with Crippen LogP contribution in [0.15, 0.2) is 12.1 Å². The Hall–Kier alpha value is -1.69. The summed E-state index contributed by atoms with van der Waals surface area (Å²) in [6, 6.07) is 3.09. The van der Waals surface area contributed by atoms with Crippen molar-refractivity contribution in [3.05, 3.63) is 27.9 Å². The molecule has 6 nitrogen and oxygen atoms in total. The maximum Gasteiger partial charge on any atom is 0.311 e. The Balaban J connectivity index is 2.04. The molecule has 0 bridgehead atoms. The largest absolute Gasteiger partial charge is 0.393 e. The zero-order valence-electron chi connectivity index (χ0n) is 10.3. The van der Waals surface area contributed by atoms with E-state index in [4.69, 9.17) is 0 Å². The molecular formula is C12H17N3O3. The monoisotopic (exact) mass is 251 g/mol. The highest BCUT2D eigenvalue weighted by Crippen LogP contribution is 2.27. The second-order valence-corrected chi connectivity index (χ2v) is 4.79. The lowest BCUT2D eigenvalue weighted by Crippen LogP contribution is -2.14. The van der Waals surface area contributed by atoms with Crippen LogP contribution in [-0.4, -0.2) is 27.7 Å². The molecule has 6 heteroatoms. The molecule has 2 N–H and O–H groups in total. The van der Waals surface area contributed by atoms with Crippen LogP contribution in [0, 0.1) is 23.0 Å². The number of hydrogen-bond donors (Lipinski definition) is 2. The highest BCUT2D eigenvalue weighted by atomic mass is 16.6. The van der Waals surface area contributed by atoms with E-state index in [2.05, 4.69) is 10.3 Å². The molecule has 1 saturated carbocycles. The van der Waals surface area contributed by atoms with E-state index in [0.717, 1.165) is 25.0 Å². The maximum atomic E-state index is 10.9. The third-order valence-corrected chi connectivity index (χ3v) is 3.28. The summed E-state index contributed by atoms with van der Waals surface area (Å²) in [6.07, 6.45) is 2.30. The molecule has 0 spiro atoms. The number of aromatic nitrogens is 1. The SMILES string of the molecule is Cc1ccc([N+](=O)[O-])c(NCC2CCC(O)C2)n1. The molecule has 1 aromatic heterocycles. The number of rotatable bonds is 4. The third-order valence-electron chi connectivity index (χ3n) is 3.28. The molecule has 18 heavy (non-hydrogen) atoms. The highest BCUT2D eigenvalue weighted by Gasteiger charge is 2.23. The van der Waals surface area contributed by atoms with Crippen molar-refractivity contribution in [1.82, 2.24) is 4.98 Å². The first kappa shape index (κ1) is 12.8. The lowest BCUT2D eigenvalue weighted by atomic mass is 10.1. The van der Waals surface area contributed by atoms with Crippen molar-refractivity contribution >= 4 is 11.5 Å². The molecule has 98 valence electrons. The number of aliphatic hydroxyl groups excluding tert-OH is 1. The standard InChI is InChI=1S/C12H17N3O3/c1-8-2-5-11(15(17)18)12(14-8)13-7-9-3-4-10(16)6-9/h2,5,9-10,16H,3-4,6-7H2,1H3,(H,13,14). The van der Waals surface area contributed by atoms with Gasteiger partial charge in [-0.25, -0.2) is 4.98 Å². The zero-order valence-corrected chi connectivity index (χ0v) is 10.3. The number of hydrogen-bond acceptors (Lipinski definition) is 5. The van der Waals surface area contributed by atoms with Crippen LogP contribution < -0.4 is 5.32 Å². The summed E-state index contributed by atoms with van der Waals surface area (Å²) >= 11 is 0. The third kappa shape index (κ3) is 2.95. The van der Waals surface area contributed by atoms with E-state index >= 15 is 0 Å². The van der Waals surface area contributed by atoms with Gasteiger partial charge in [0.2, 0.25) is 5.82 Å². The number of aliphatic hydroxyl groups is 1. The van der Waals surface area contributed by atoms with Crippen LogP contribution in [0.1, 0.15) is 25.0 Å². The molecule has 1 aromatic rings. The van der Waals surface area contributed by atoms with Crippen LogP contribution in [-0.2, 0) is 0 Å². The Bertz CT molecular complexity index is 450.